The molecule has 2 bridgehead atoms. The van der Waals surface area contributed by atoms with Crippen LogP contribution in [-0.2, 0) is 0 Å². The minimum Gasteiger partial charge on any atom is -0.352 e. The second-order valence-corrected chi connectivity index (χ2v) is 5.64. The van der Waals surface area contributed by atoms with Crippen molar-refractivity contribution in [2.45, 2.75) is 12.8 Å². The van der Waals surface area contributed by atoms with E-state index >= 15 is 0 Å². The van der Waals surface area contributed by atoms with Crippen LogP contribution >= 0.6 is 11.6 Å². The number of hydrogen-bond donors (Lipinski definition) is 1. The number of rotatable bonds is 3. The molecule has 0 unspecified atom stereocenters. The first-order valence-electron chi connectivity index (χ1n) is 6.45. The third kappa shape index (κ3) is 2.17. The van der Waals surface area contributed by atoms with Gasteiger partial charge in [-0.1, -0.05) is 35.9 Å². The van der Waals surface area contributed by atoms with E-state index < -0.39 is 0 Å². The van der Waals surface area contributed by atoms with Crippen molar-refractivity contribution >= 4 is 17.5 Å². The molecule has 3 heteroatoms. The fourth-order valence-electron chi connectivity index (χ4n) is 3.09. The van der Waals surface area contributed by atoms with E-state index in [1.165, 1.54) is 12.8 Å². The zero-order valence-corrected chi connectivity index (χ0v) is 10.9. The summed E-state index contributed by atoms with van der Waals surface area (Å²) in [5, 5.41) is 3.53. The van der Waals surface area contributed by atoms with Crippen molar-refractivity contribution in [1.82, 2.24) is 5.32 Å². The van der Waals surface area contributed by atoms with E-state index in [2.05, 4.69) is 17.5 Å². The summed E-state index contributed by atoms with van der Waals surface area (Å²) in [6.07, 6.45) is 7.11. The standard InChI is InChI=1S/C15H16ClNO/c16-14-4-2-1-3-13(14)15(18)17-9-12-8-10-5-6-11(12)7-10/h1-6,10-12H,7-9H2,(H,17,18)/t10-,11-,12+/m0/s1. The Kier molecular flexibility index (Phi) is 3.13. The van der Waals surface area contributed by atoms with Crippen molar-refractivity contribution in [3.05, 3.63) is 47.0 Å². The molecule has 0 heterocycles. The lowest BCUT2D eigenvalue weighted by molar-refractivity contribution is 0.0945. The quantitative estimate of drug-likeness (QED) is 0.832. The van der Waals surface area contributed by atoms with Crippen LogP contribution in [0.25, 0.3) is 0 Å². The number of allylic oxidation sites excluding steroid dienone is 2. The summed E-state index contributed by atoms with van der Waals surface area (Å²) in [4.78, 5) is 12.0. The van der Waals surface area contributed by atoms with Gasteiger partial charge >= 0.3 is 0 Å². The van der Waals surface area contributed by atoms with Crippen LogP contribution < -0.4 is 5.32 Å². The summed E-state index contributed by atoms with van der Waals surface area (Å²) in [6, 6.07) is 7.18. The van der Waals surface area contributed by atoms with Crippen molar-refractivity contribution < 1.29 is 4.79 Å². The first kappa shape index (κ1) is 11.8. The molecule has 1 N–H and O–H groups in total. The lowest BCUT2D eigenvalue weighted by atomic mass is 9.93. The van der Waals surface area contributed by atoms with Gasteiger partial charge in [0.25, 0.3) is 5.91 Å². The van der Waals surface area contributed by atoms with E-state index in [9.17, 15) is 4.79 Å². The minimum atomic E-state index is -0.0626. The number of hydrogen-bond acceptors (Lipinski definition) is 1. The summed E-state index contributed by atoms with van der Waals surface area (Å²) >= 11 is 6.01. The van der Waals surface area contributed by atoms with E-state index in [1.54, 1.807) is 12.1 Å². The highest BCUT2D eigenvalue weighted by atomic mass is 35.5. The van der Waals surface area contributed by atoms with Gasteiger partial charge in [0.05, 0.1) is 10.6 Å². The van der Waals surface area contributed by atoms with E-state index in [0.717, 1.165) is 12.5 Å². The third-order valence-corrected chi connectivity index (χ3v) is 4.39. The maximum Gasteiger partial charge on any atom is 0.252 e. The molecule has 1 saturated carbocycles. The summed E-state index contributed by atoms with van der Waals surface area (Å²) in [5.74, 6) is 1.96. The van der Waals surface area contributed by atoms with Crippen LogP contribution in [0.3, 0.4) is 0 Å². The number of benzene rings is 1. The molecule has 3 atom stereocenters. The number of carbonyl (C=O) groups is 1. The van der Waals surface area contributed by atoms with Crippen molar-refractivity contribution in [3.8, 4) is 0 Å². The van der Waals surface area contributed by atoms with Gasteiger partial charge in [0.2, 0.25) is 0 Å². The molecule has 1 aromatic rings. The van der Waals surface area contributed by atoms with Gasteiger partial charge in [-0.15, -0.1) is 0 Å². The zero-order chi connectivity index (χ0) is 12.5. The maximum atomic E-state index is 12.0. The molecule has 0 radical (unpaired) electrons. The van der Waals surface area contributed by atoms with E-state index in [-0.39, 0.29) is 5.91 Å². The van der Waals surface area contributed by atoms with Crippen molar-refractivity contribution in [2.24, 2.45) is 17.8 Å². The summed E-state index contributed by atoms with van der Waals surface area (Å²) in [5.41, 5.74) is 0.567. The topological polar surface area (TPSA) is 29.1 Å². The predicted molar refractivity (Wildman–Crippen MR) is 72.6 cm³/mol. The molecule has 1 aromatic carbocycles. The first-order valence-corrected chi connectivity index (χ1v) is 6.83. The summed E-state index contributed by atoms with van der Waals surface area (Å²) in [7, 11) is 0. The minimum absolute atomic E-state index is 0.0626. The Morgan fingerprint density at radius 2 is 2.11 bits per heavy atom. The smallest absolute Gasteiger partial charge is 0.252 e. The predicted octanol–water partition coefficient (Wildman–Crippen LogP) is 3.28. The van der Waals surface area contributed by atoms with Gasteiger partial charge in [0.1, 0.15) is 0 Å². The first-order chi connectivity index (χ1) is 8.74. The van der Waals surface area contributed by atoms with Gasteiger partial charge < -0.3 is 5.32 Å². The third-order valence-electron chi connectivity index (χ3n) is 4.06. The maximum absolute atomic E-state index is 12.0. The van der Waals surface area contributed by atoms with Gasteiger partial charge in [0.15, 0.2) is 0 Å². The largest absolute Gasteiger partial charge is 0.352 e. The fourth-order valence-corrected chi connectivity index (χ4v) is 3.32. The molecule has 0 aliphatic heterocycles. The fraction of sp³-hybridized carbons (Fsp3) is 0.400. The van der Waals surface area contributed by atoms with E-state index in [1.807, 2.05) is 12.1 Å². The van der Waals surface area contributed by atoms with Crippen LogP contribution in [0.4, 0.5) is 0 Å². The molecule has 2 aliphatic rings. The number of carbonyl (C=O) groups excluding carboxylic acids is 1. The van der Waals surface area contributed by atoms with Crippen LogP contribution in [0, 0.1) is 17.8 Å². The highest BCUT2D eigenvalue weighted by Gasteiger charge is 2.35. The zero-order valence-electron chi connectivity index (χ0n) is 10.1. The van der Waals surface area contributed by atoms with Crippen LogP contribution in [0.1, 0.15) is 23.2 Å². The lowest BCUT2D eigenvalue weighted by Gasteiger charge is -2.18. The van der Waals surface area contributed by atoms with Gasteiger partial charge in [-0.05, 0) is 42.7 Å². The normalized spacial score (nSPS) is 28.6. The number of fused-ring (bicyclic) bond motifs is 2. The molecule has 3 rings (SSSR count). The van der Waals surface area contributed by atoms with E-state index in [0.29, 0.717) is 22.4 Å². The van der Waals surface area contributed by atoms with Crippen LogP contribution in [0.15, 0.2) is 36.4 Å². The summed E-state index contributed by atoms with van der Waals surface area (Å²) in [6.45, 7) is 0.759. The molecule has 0 aromatic heterocycles. The Morgan fingerprint density at radius 1 is 1.28 bits per heavy atom. The molecule has 1 fully saturated rings. The second kappa shape index (κ2) is 4.77. The molecule has 0 saturated heterocycles. The molecule has 2 aliphatic carbocycles. The number of amides is 1. The summed E-state index contributed by atoms with van der Waals surface area (Å²) < 4.78 is 0. The molecule has 2 nitrogen and oxygen atoms in total. The molecule has 1 amide bonds. The number of nitrogens with one attached hydrogen (secondary N) is 1. The van der Waals surface area contributed by atoms with Crippen molar-refractivity contribution in [2.75, 3.05) is 6.54 Å². The SMILES string of the molecule is O=C(NC[C@H]1C[C@H]2C=C[C@H]1C2)c1ccccc1Cl. The molecular formula is C15H16ClNO. The number of halogens is 1. The monoisotopic (exact) mass is 261 g/mol. The Labute approximate surface area is 112 Å². The van der Waals surface area contributed by atoms with Crippen molar-refractivity contribution in [1.29, 1.82) is 0 Å². The average Bonchev–Trinajstić information content (AvgIpc) is 2.98. The highest BCUT2D eigenvalue weighted by molar-refractivity contribution is 6.33. The van der Waals surface area contributed by atoms with Crippen LogP contribution in [0.2, 0.25) is 5.02 Å². The average molecular weight is 262 g/mol. The molecular weight excluding hydrogens is 246 g/mol. The molecule has 94 valence electrons. The lowest BCUT2D eigenvalue weighted by Crippen LogP contribution is -2.31. The van der Waals surface area contributed by atoms with Gasteiger partial charge in [-0.25, -0.2) is 0 Å². The van der Waals surface area contributed by atoms with Crippen LogP contribution in [0.5, 0.6) is 0 Å². The van der Waals surface area contributed by atoms with Crippen molar-refractivity contribution in [3.63, 3.8) is 0 Å². The Balaban J connectivity index is 1.59. The Hall–Kier alpha value is -1.28. The van der Waals surface area contributed by atoms with Gasteiger partial charge in [-0.2, -0.15) is 0 Å². The second-order valence-electron chi connectivity index (χ2n) is 5.23. The van der Waals surface area contributed by atoms with E-state index in [4.69, 9.17) is 11.6 Å². The Bertz CT molecular complexity index is 497. The highest BCUT2D eigenvalue weighted by Crippen LogP contribution is 2.42. The van der Waals surface area contributed by atoms with Gasteiger partial charge in [0, 0.05) is 6.54 Å². The Morgan fingerprint density at radius 3 is 2.78 bits per heavy atom. The molecule has 18 heavy (non-hydrogen) atoms. The van der Waals surface area contributed by atoms with Gasteiger partial charge in [-0.3, -0.25) is 4.79 Å². The van der Waals surface area contributed by atoms with Crippen LogP contribution in [-0.4, -0.2) is 12.5 Å². The molecule has 0 spiro atoms.